The summed E-state index contributed by atoms with van der Waals surface area (Å²) in [4.78, 5) is 27.1. The molecular formula is C32H35N5O6S. The van der Waals surface area contributed by atoms with E-state index in [1.165, 1.54) is 62.7 Å². The Bertz CT molecular complexity index is 1630. The van der Waals surface area contributed by atoms with Gasteiger partial charge in [0.05, 0.1) is 30.0 Å². The largest absolute Gasteiger partial charge is 0.497 e. The molecule has 1 N–H and O–H groups in total. The number of sulfonamides is 1. The maximum atomic E-state index is 13.2. The van der Waals surface area contributed by atoms with Crippen molar-refractivity contribution in [2.45, 2.75) is 24.2 Å². The highest BCUT2D eigenvalue weighted by Gasteiger charge is 2.27. The Hall–Kier alpha value is -4.68. The van der Waals surface area contributed by atoms with Crippen LogP contribution in [0.3, 0.4) is 0 Å². The summed E-state index contributed by atoms with van der Waals surface area (Å²) < 4.78 is 38.0. The number of hydrogen-bond acceptors (Lipinski definition) is 10. The van der Waals surface area contributed by atoms with Crippen LogP contribution in [0, 0.1) is 5.92 Å². The second kappa shape index (κ2) is 14.2. The summed E-state index contributed by atoms with van der Waals surface area (Å²) in [5, 5.41) is 3.20. The third-order valence-electron chi connectivity index (χ3n) is 7.52. The summed E-state index contributed by atoms with van der Waals surface area (Å²) in [5.74, 6) is 2.60. The van der Waals surface area contributed by atoms with Crippen LogP contribution in [0.1, 0.15) is 19.3 Å². The molecule has 0 unspecified atom stereocenters. The molecule has 0 amide bonds. The van der Waals surface area contributed by atoms with Gasteiger partial charge in [0.25, 0.3) is 10.0 Å². The quantitative estimate of drug-likeness (QED) is 0.156. The lowest BCUT2D eigenvalue weighted by Crippen LogP contribution is -2.30. The first-order valence-electron chi connectivity index (χ1n) is 14.3. The van der Waals surface area contributed by atoms with Crippen LogP contribution in [0.2, 0.25) is 0 Å². The minimum Gasteiger partial charge on any atom is -0.497 e. The number of nitrogens with zero attached hydrogens (tertiary/aromatic N) is 4. The molecule has 2 heterocycles. The van der Waals surface area contributed by atoms with Crippen molar-refractivity contribution in [3.8, 4) is 22.8 Å². The number of nitrogens with one attached hydrogen (secondary N) is 1. The van der Waals surface area contributed by atoms with Gasteiger partial charge < -0.3 is 24.5 Å². The first-order valence-corrected chi connectivity index (χ1v) is 15.7. The third kappa shape index (κ3) is 7.63. The molecular weight excluding hydrogens is 582 g/mol. The van der Waals surface area contributed by atoms with Crippen molar-refractivity contribution in [1.29, 1.82) is 0 Å². The van der Waals surface area contributed by atoms with Gasteiger partial charge in [-0.15, -0.1) is 0 Å². The Balaban J connectivity index is 1.21. The number of carbonyl (C=O) groups is 1. The smallest absolute Gasteiger partial charge is 0.322 e. The van der Waals surface area contributed by atoms with Gasteiger partial charge in [-0.1, -0.05) is 4.47 Å². The van der Waals surface area contributed by atoms with E-state index in [4.69, 9.17) is 14.3 Å². The fourth-order valence-electron chi connectivity index (χ4n) is 4.95. The Morgan fingerprint density at radius 1 is 0.955 bits per heavy atom. The summed E-state index contributed by atoms with van der Waals surface area (Å²) in [6.45, 7) is 3.08. The SMILES string of the molecule is COc1ccc(S(=O)(=O)N(OC=O)c2ccc(Nc3cc(-c4ccc(OCCC5CCN(C)CC5)cc4)ncn3)cc2)cc1. The van der Waals surface area contributed by atoms with Crippen LogP contribution < -0.4 is 19.3 Å². The van der Waals surface area contributed by atoms with Gasteiger partial charge in [-0.3, -0.25) is 4.79 Å². The summed E-state index contributed by atoms with van der Waals surface area (Å²) in [6.07, 6.45) is 5.00. The molecule has 44 heavy (non-hydrogen) atoms. The fourth-order valence-corrected chi connectivity index (χ4v) is 6.17. The van der Waals surface area contributed by atoms with Crippen molar-refractivity contribution in [3.63, 3.8) is 0 Å². The number of ether oxygens (including phenoxy) is 2. The van der Waals surface area contributed by atoms with E-state index in [0.29, 0.717) is 28.3 Å². The molecule has 4 aromatic rings. The average molecular weight is 618 g/mol. The van der Waals surface area contributed by atoms with E-state index >= 15 is 0 Å². The van der Waals surface area contributed by atoms with Gasteiger partial charge in [0, 0.05) is 17.3 Å². The average Bonchev–Trinajstić information content (AvgIpc) is 3.05. The van der Waals surface area contributed by atoms with Crippen LogP contribution in [-0.2, 0) is 19.7 Å². The van der Waals surface area contributed by atoms with Crippen LogP contribution in [-0.4, -0.2) is 63.6 Å². The minimum atomic E-state index is -4.19. The highest BCUT2D eigenvalue weighted by atomic mass is 32.2. The zero-order valence-corrected chi connectivity index (χ0v) is 25.4. The lowest BCUT2D eigenvalue weighted by Gasteiger charge is -2.28. The van der Waals surface area contributed by atoms with Crippen molar-refractivity contribution in [1.82, 2.24) is 14.9 Å². The molecule has 0 radical (unpaired) electrons. The number of benzene rings is 3. The highest BCUT2D eigenvalue weighted by molar-refractivity contribution is 7.92. The number of hydrogen-bond donors (Lipinski definition) is 1. The van der Waals surface area contributed by atoms with Crippen LogP contribution in [0.25, 0.3) is 11.3 Å². The van der Waals surface area contributed by atoms with Crippen molar-refractivity contribution >= 4 is 33.7 Å². The van der Waals surface area contributed by atoms with Crippen molar-refractivity contribution in [2.24, 2.45) is 5.92 Å². The predicted molar refractivity (Wildman–Crippen MR) is 167 cm³/mol. The van der Waals surface area contributed by atoms with Gasteiger partial charge in [-0.05, 0) is 118 Å². The van der Waals surface area contributed by atoms with E-state index in [-0.39, 0.29) is 17.1 Å². The highest BCUT2D eigenvalue weighted by Crippen LogP contribution is 2.28. The monoisotopic (exact) mass is 617 g/mol. The topological polar surface area (TPSA) is 123 Å². The Kier molecular flexibility index (Phi) is 9.93. The molecule has 11 nitrogen and oxygen atoms in total. The summed E-state index contributed by atoms with van der Waals surface area (Å²) >= 11 is 0. The Morgan fingerprint density at radius 2 is 1.64 bits per heavy atom. The molecule has 1 saturated heterocycles. The molecule has 0 spiro atoms. The van der Waals surface area contributed by atoms with E-state index in [9.17, 15) is 13.2 Å². The third-order valence-corrected chi connectivity index (χ3v) is 9.12. The van der Waals surface area contributed by atoms with Gasteiger partial charge in [-0.2, -0.15) is 8.42 Å². The first-order chi connectivity index (χ1) is 21.4. The zero-order valence-electron chi connectivity index (χ0n) is 24.6. The number of rotatable bonds is 13. The predicted octanol–water partition coefficient (Wildman–Crippen LogP) is 5.29. The molecule has 1 aliphatic rings. The van der Waals surface area contributed by atoms with Gasteiger partial charge in [0.2, 0.25) is 0 Å². The number of aromatic nitrogens is 2. The molecule has 1 fully saturated rings. The van der Waals surface area contributed by atoms with Crippen LogP contribution in [0.5, 0.6) is 11.5 Å². The normalized spacial score (nSPS) is 14.0. The Morgan fingerprint density at radius 3 is 2.30 bits per heavy atom. The van der Waals surface area contributed by atoms with Gasteiger partial charge in [0.15, 0.2) is 0 Å². The molecule has 0 saturated carbocycles. The number of carbonyl (C=O) groups excluding carboxylic acids is 1. The van der Waals surface area contributed by atoms with Crippen LogP contribution >= 0.6 is 0 Å². The van der Waals surface area contributed by atoms with E-state index in [1.807, 2.05) is 30.3 Å². The van der Waals surface area contributed by atoms with Gasteiger partial charge in [-0.25, -0.2) is 9.97 Å². The summed E-state index contributed by atoms with van der Waals surface area (Å²) in [7, 11) is -0.539. The number of likely N-dealkylation sites (tertiary alicyclic amines) is 1. The molecule has 0 aliphatic carbocycles. The molecule has 12 heteroatoms. The molecule has 0 atom stereocenters. The maximum Gasteiger partial charge on any atom is 0.322 e. The molecule has 5 rings (SSSR count). The Labute approximate surface area is 257 Å². The van der Waals surface area contributed by atoms with Gasteiger partial charge >= 0.3 is 6.47 Å². The van der Waals surface area contributed by atoms with E-state index in [0.717, 1.165) is 42.4 Å². The standard InChI is InChI=1S/C32H35N5O6S/c1-36-18-15-24(16-19-36)17-20-42-29-9-3-25(4-10-29)31-21-32(34-22-33-31)35-26-5-7-27(8-6-26)37(43-23-38)44(39,40)30-13-11-28(41-2)12-14-30/h3-14,21-24H,15-20H2,1-2H3,(H,33,34,35). The summed E-state index contributed by atoms with van der Waals surface area (Å²) in [6, 6.07) is 21.7. The van der Waals surface area contributed by atoms with Crippen molar-refractivity contribution in [3.05, 3.63) is 85.2 Å². The van der Waals surface area contributed by atoms with E-state index in [2.05, 4.69) is 27.2 Å². The molecule has 230 valence electrons. The van der Waals surface area contributed by atoms with Crippen LogP contribution in [0.15, 0.2) is 90.1 Å². The van der Waals surface area contributed by atoms with E-state index in [1.54, 1.807) is 12.1 Å². The van der Waals surface area contributed by atoms with Gasteiger partial charge in [0.1, 0.15) is 23.6 Å². The van der Waals surface area contributed by atoms with Crippen molar-refractivity contribution < 1.29 is 27.5 Å². The number of piperidine rings is 1. The molecule has 1 aromatic heterocycles. The van der Waals surface area contributed by atoms with Crippen LogP contribution in [0.4, 0.5) is 17.2 Å². The lowest BCUT2D eigenvalue weighted by molar-refractivity contribution is -0.128. The minimum absolute atomic E-state index is 0.0603. The summed E-state index contributed by atoms with van der Waals surface area (Å²) in [5.41, 5.74) is 2.42. The number of anilines is 3. The number of methoxy groups -OCH3 is 1. The molecule has 1 aliphatic heterocycles. The fraction of sp³-hybridized carbons (Fsp3) is 0.281. The molecule has 0 bridgehead atoms. The lowest BCUT2D eigenvalue weighted by atomic mass is 9.94. The van der Waals surface area contributed by atoms with Crippen molar-refractivity contribution in [2.75, 3.05) is 43.6 Å². The first kappa shape index (κ1) is 30.8. The zero-order chi connectivity index (χ0) is 30.9. The second-order valence-corrected chi connectivity index (χ2v) is 12.2. The van der Waals surface area contributed by atoms with E-state index < -0.39 is 10.0 Å². The molecule has 3 aromatic carbocycles. The second-order valence-electron chi connectivity index (χ2n) is 10.5. The maximum absolute atomic E-state index is 13.2.